The number of nitrogens with zero attached hydrogens (tertiary/aromatic N) is 2. The van der Waals surface area contributed by atoms with E-state index in [1.54, 1.807) is 0 Å². The number of fused-ring (bicyclic) bond motifs is 2. The van der Waals surface area contributed by atoms with Crippen LogP contribution < -0.4 is 11.1 Å². The van der Waals surface area contributed by atoms with Gasteiger partial charge in [0.15, 0.2) is 0 Å². The van der Waals surface area contributed by atoms with E-state index in [0.717, 1.165) is 12.2 Å². The van der Waals surface area contributed by atoms with Gasteiger partial charge in [-0.25, -0.2) is 0 Å². The van der Waals surface area contributed by atoms with Crippen LogP contribution in [0, 0.1) is 11.8 Å². The van der Waals surface area contributed by atoms with Crippen LogP contribution in [0.2, 0.25) is 0 Å². The van der Waals surface area contributed by atoms with Gasteiger partial charge in [-0.2, -0.15) is 0 Å². The van der Waals surface area contributed by atoms with Crippen LogP contribution in [0.4, 0.5) is 5.69 Å². The van der Waals surface area contributed by atoms with E-state index in [4.69, 9.17) is 5.73 Å². The molecule has 128 valence electrons. The summed E-state index contributed by atoms with van der Waals surface area (Å²) in [4.78, 5) is 5.18. The van der Waals surface area contributed by atoms with Crippen molar-refractivity contribution in [2.45, 2.75) is 38.9 Å². The molecule has 4 nitrogen and oxygen atoms in total. The molecule has 0 aromatic heterocycles. The summed E-state index contributed by atoms with van der Waals surface area (Å²) >= 11 is 0. The zero-order valence-electron chi connectivity index (χ0n) is 15.0. The summed E-state index contributed by atoms with van der Waals surface area (Å²) in [5.41, 5.74) is 8.48. The van der Waals surface area contributed by atoms with Crippen molar-refractivity contribution in [1.82, 2.24) is 15.1 Å². The summed E-state index contributed by atoms with van der Waals surface area (Å²) in [7, 11) is 2.26. The minimum Gasteiger partial charge on any atom is -0.398 e. The van der Waals surface area contributed by atoms with Crippen molar-refractivity contribution in [2.24, 2.45) is 11.8 Å². The number of rotatable bonds is 3. The van der Waals surface area contributed by atoms with Crippen molar-refractivity contribution in [3.8, 4) is 0 Å². The number of hydrogen-bond acceptors (Lipinski definition) is 4. The molecule has 3 N–H and O–H groups in total. The van der Waals surface area contributed by atoms with Crippen LogP contribution in [-0.2, 0) is 6.54 Å². The van der Waals surface area contributed by atoms with Crippen LogP contribution >= 0.6 is 0 Å². The zero-order chi connectivity index (χ0) is 16.6. The van der Waals surface area contributed by atoms with Gasteiger partial charge in [0, 0.05) is 50.0 Å². The first-order valence-electron chi connectivity index (χ1n) is 8.85. The van der Waals surface area contributed by atoms with Crippen LogP contribution in [0.5, 0.6) is 0 Å². The second-order valence-corrected chi connectivity index (χ2v) is 8.42. The predicted molar refractivity (Wildman–Crippen MR) is 97.3 cm³/mol. The van der Waals surface area contributed by atoms with Gasteiger partial charge in [0.25, 0.3) is 0 Å². The van der Waals surface area contributed by atoms with Gasteiger partial charge in [0.1, 0.15) is 0 Å². The normalized spacial score (nSPS) is 29.7. The maximum absolute atomic E-state index is 6.10. The fraction of sp³-hybridized carbons (Fsp3) is 0.684. The third-order valence-electron chi connectivity index (χ3n) is 5.55. The third-order valence-corrected chi connectivity index (χ3v) is 5.55. The van der Waals surface area contributed by atoms with Gasteiger partial charge in [0.05, 0.1) is 0 Å². The number of nitrogens with two attached hydrogens (primary N) is 1. The number of likely N-dealkylation sites (tertiary alicyclic amines) is 2. The highest BCUT2D eigenvalue weighted by Crippen LogP contribution is 2.32. The van der Waals surface area contributed by atoms with Crippen LogP contribution in [0.15, 0.2) is 24.3 Å². The Balaban J connectivity index is 1.69. The number of anilines is 1. The highest BCUT2D eigenvalue weighted by atomic mass is 15.3. The molecule has 0 saturated carbocycles. The first-order chi connectivity index (χ1) is 10.8. The fourth-order valence-corrected chi connectivity index (χ4v) is 4.27. The Kier molecular flexibility index (Phi) is 4.68. The molecule has 1 aromatic carbocycles. The standard InChI is InChI=1S/C19H32N4/c1-19(2,3)23-12-15-10-22(4)11-16(13-23)18(15)21-9-14-7-5-6-8-17(14)20/h5-8,15-16,18,21H,9-13,20H2,1-4H3. The minimum absolute atomic E-state index is 0.265. The average molecular weight is 316 g/mol. The van der Waals surface area contributed by atoms with Gasteiger partial charge in [0.2, 0.25) is 0 Å². The highest BCUT2D eigenvalue weighted by molar-refractivity contribution is 5.46. The number of nitrogens with one attached hydrogen (secondary N) is 1. The number of piperidine rings is 2. The summed E-state index contributed by atoms with van der Waals surface area (Å²) in [5.74, 6) is 1.38. The molecule has 2 saturated heterocycles. The summed E-state index contributed by atoms with van der Waals surface area (Å²) < 4.78 is 0. The molecule has 0 spiro atoms. The van der Waals surface area contributed by atoms with Gasteiger partial charge < -0.3 is 16.0 Å². The monoisotopic (exact) mass is 316 g/mol. The topological polar surface area (TPSA) is 44.5 Å². The summed E-state index contributed by atoms with van der Waals surface area (Å²) in [5, 5.41) is 3.84. The Bertz CT molecular complexity index is 520. The van der Waals surface area contributed by atoms with Crippen LogP contribution in [0.1, 0.15) is 26.3 Å². The molecule has 2 heterocycles. The lowest BCUT2D eigenvalue weighted by Crippen LogP contribution is -2.65. The van der Waals surface area contributed by atoms with E-state index >= 15 is 0 Å². The van der Waals surface area contributed by atoms with Crippen molar-refractivity contribution in [3.05, 3.63) is 29.8 Å². The maximum Gasteiger partial charge on any atom is 0.0359 e. The smallest absolute Gasteiger partial charge is 0.0359 e. The van der Waals surface area contributed by atoms with E-state index in [2.05, 4.69) is 55.1 Å². The lowest BCUT2D eigenvalue weighted by Gasteiger charge is -2.53. The second-order valence-electron chi connectivity index (χ2n) is 8.42. The van der Waals surface area contributed by atoms with E-state index in [1.807, 2.05) is 12.1 Å². The number of nitrogen functional groups attached to an aromatic ring is 1. The largest absolute Gasteiger partial charge is 0.398 e. The van der Waals surface area contributed by atoms with Gasteiger partial charge in [-0.15, -0.1) is 0 Å². The molecule has 1 aromatic rings. The molecular formula is C19H32N4. The number of benzene rings is 1. The minimum atomic E-state index is 0.265. The van der Waals surface area contributed by atoms with Gasteiger partial charge in [-0.1, -0.05) is 18.2 Å². The lowest BCUT2D eigenvalue weighted by atomic mass is 9.78. The van der Waals surface area contributed by atoms with E-state index in [-0.39, 0.29) is 5.54 Å². The molecule has 2 bridgehead atoms. The van der Waals surface area contributed by atoms with E-state index in [9.17, 15) is 0 Å². The highest BCUT2D eigenvalue weighted by Gasteiger charge is 2.43. The van der Waals surface area contributed by atoms with Crippen molar-refractivity contribution in [3.63, 3.8) is 0 Å². The van der Waals surface area contributed by atoms with Crippen LogP contribution in [0.25, 0.3) is 0 Å². The SMILES string of the molecule is CN1CC2CN(C(C)(C)C)CC(C1)C2NCc1ccccc1N. The summed E-state index contributed by atoms with van der Waals surface area (Å²) in [6.45, 7) is 12.6. The number of para-hydroxylation sites is 1. The number of hydrogen-bond donors (Lipinski definition) is 2. The van der Waals surface area contributed by atoms with Gasteiger partial charge in [-0.05, 0) is 51.3 Å². The summed E-state index contributed by atoms with van der Waals surface area (Å²) in [6.07, 6.45) is 0. The molecule has 2 aliphatic rings. The van der Waals surface area contributed by atoms with Crippen LogP contribution in [-0.4, -0.2) is 54.6 Å². The van der Waals surface area contributed by atoms with E-state index in [1.165, 1.54) is 31.7 Å². The van der Waals surface area contributed by atoms with Crippen molar-refractivity contribution in [2.75, 3.05) is 39.0 Å². The van der Waals surface area contributed by atoms with Gasteiger partial charge >= 0.3 is 0 Å². The molecular weight excluding hydrogens is 284 g/mol. The Morgan fingerprint density at radius 1 is 1.09 bits per heavy atom. The molecule has 4 heteroatoms. The van der Waals surface area contributed by atoms with Crippen molar-refractivity contribution in [1.29, 1.82) is 0 Å². The van der Waals surface area contributed by atoms with Crippen molar-refractivity contribution < 1.29 is 0 Å². The first kappa shape index (κ1) is 16.7. The lowest BCUT2D eigenvalue weighted by molar-refractivity contribution is -0.0277. The molecule has 23 heavy (non-hydrogen) atoms. The van der Waals surface area contributed by atoms with E-state index in [0.29, 0.717) is 17.9 Å². The predicted octanol–water partition coefficient (Wildman–Crippen LogP) is 2.02. The molecule has 0 amide bonds. The summed E-state index contributed by atoms with van der Waals surface area (Å²) in [6, 6.07) is 8.81. The Morgan fingerprint density at radius 2 is 1.70 bits per heavy atom. The molecule has 3 rings (SSSR count). The zero-order valence-corrected chi connectivity index (χ0v) is 15.0. The molecule has 2 atom stereocenters. The third kappa shape index (κ3) is 3.70. The Labute approximate surface area is 141 Å². The molecule has 2 unspecified atom stereocenters. The molecule has 2 fully saturated rings. The van der Waals surface area contributed by atoms with Gasteiger partial charge in [-0.3, -0.25) is 4.90 Å². The fourth-order valence-electron chi connectivity index (χ4n) is 4.27. The Morgan fingerprint density at radius 3 is 2.26 bits per heavy atom. The maximum atomic E-state index is 6.10. The Hall–Kier alpha value is -1.10. The first-order valence-corrected chi connectivity index (χ1v) is 8.85. The quantitative estimate of drug-likeness (QED) is 0.838. The van der Waals surface area contributed by atoms with Crippen molar-refractivity contribution >= 4 is 5.69 Å². The second kappa shape index (κ2) is 6.42. The molecule has 0 radical (unpaired) electrons. The van der Waals surface area contributed by atoms with E-state index < -0.39 is 0 Å². The molecule has 0 aliphatic carbocycles. The molecule has 2 aliphatic heterocycles. The van der Waals surface area contributed by atoms with Crippen LogP contribution in [0.3, 0.4) is 0 Å². The average Bonchev–Trinajstić information content (AvgIpc) is 2.45.